The fourth-order valence-corrected chi connectivity index (χ4v) is 2.74. The highest BCUT2D eigenvalue weighted by atomic mass is 32.1. The zero-order valence-corrected chi connectivity index (χ0v) is 12.9. The summed E-state index contributed by atoms with van der Waals surface area (Å²) in [6.07, 6.45) is 0.372. The summed E-state index contributed by atoms with van der Waals surface area (Å²) in [5, 5.41) is 8.68. The van der Waals surface area contributed by atoms with Crippen molar-refractivity contribution < 1.29 is 9.32 Å². The van der Waals surface area contributed by atoms with E-state index in [1.807, 2.05) is 48.7 Å². The second-order valence-corrected chi connectivity index (χ2v) is 5.95. The third-order valence-electron chi connectivity index (χ3n) is 3.10. The predicted molar refractivity (Wildman–Crippen MR) is 84.3 cm³/mol. The number of rotatable bonds is 5. The first-order valence-corrected chi connectivity index (χ1v) is 7.77. The monoisotopic (exact) mass is 313 g/mol. The first-order chi connectivity index (χ1) is 10.7. The van der Waals surface area contributed by atoms with E-state index in [4.69, 9.17) is 4.52 Å². The molecule has 1 amide bonds. The standard InChI is InChI=1S/C16H15N3O2S/c1-11-4-2-5-12(8-11)16-18-15(21-19-16)10-17-14(20)9-13-6-3-7-22-13/h2-8H,9-10H2,1H3,(H,17,20). The number of carbonyl (C=O) groups is 1. The largest absolute Gasteiger partial charge is 0.347 e. The summed E-state index contributed by atoms with van der Waals surface area (Å²) in [6.45, 7) is 2.25. The normalized spacial score (nSPS) is 10.6. The quantitative estimate of drug-likeness (QED) is 0.786. The molecule has 0 aliphatic heterocycles. The van der Waals surface area contributed by atoms with Crippen molar-refractivity contribution in [2.75, 3.05) is 0 Å². The first kappa shape index (κ1) is 14.5. The van der Waals surface area contributed by atoms with Gasteiger partial charge in [0.05, 0.1) is 13.0 Å². The van der Waals surface area contributed by atoms with E-state index in [1.54, 1.807) is 11.3 Å². The number of nitrogens with zero attached hydrogens (tertiary/aromatic N) is 2. The summed E-state index contributed by atoms with van der Waals surface area (Å²) in [7, 11) is 0. The molecule has 1 N–H and O–H groups in total. The van der Waals surface area contributed by atoms with Crippen LogP contribution in [0.1, 0.15) is 16.3 Å². The lowest BCUT2D eigenvalue weighted by Crippen LogP contribution is -2.24. The van der Waals surface area contributed by atoms with E-state index in [2.05, 4.69) is 15.5 Å². The van der Waals surface area contributed by atoms with Crippen molar-refractivity contribution in [2.45, 2.75) is 19.9 Å². The van der Waals surface area contributed by atoms with Gasteiger partial charge in [0.2, 0.25) is 17.6 Å². The van der Waals surface area contributed by atoms with Crippen LogP contribution in [0.3, 0.4) is 0 Å². The van der Waals surface area contributed by atoms with E-state index in [-0.39, 0.29) is 12.5 Å². The average Bonchev–Trinajstić information content (AvgIpc) is 3.16. The smallest absolute Gasteiger partial charge is 0.246 e. The van der Waals surface area contributed by atoms with Gasteiger partial charge in [0.15, 0.2) is 0 Å². The van der Waals surface area contributed by atoms with Gasteiger partial charge in [0, 0.05) is 10.4 Å². The number of hydrogen-bond acceptors (Lipinski definition) is 5. The van der Waals surface area contributed by atoms with Gasteiger partial charge in [-0.05, 0) is 24.4 Å². The molecule has 2 aromatic heterocycles. The molecule has 0 spiro atoms. The summed E-state index contributed by atoms with van der Waals surface area (Å²) in [5.74, 6) is 0.875. The van der Waals surface area contributed by atoms with Gasteiger partial charge in [-0.3, -0.25) is 4.79 Å². The molecule has 0 saturated carbocycles. The average molecular weight is 313 g/mol. The fraction of sp³-hybridized carbons (Fsp3) is 0.188. The van der Waals surface area contributed by atoms with Crippen LogP contribution < -0.4 is 5.32 Å². The zero-order chi connectivity index (χ0) is 15.4. The lowest BCUT2D eigenvalue weighted by molar-refractivity contribution is -0.120. The molecule has 22 heavy (non-hydrogen) atoms. The maximum Gasteiger partial charge on any atom is 0.246 e. The SMILES string of the molecule is Cc1cccc(-c2noc(CNC(=O)Cc3cccs3)n2)c1. The molecule has 3 aromatic rings. The van der Waals surface area contributed by atoms with Gasteiger partial charge in [-0.1, -0.05) is 35.0 Å². The van der Waals surface area contributed by atoms with Gasteiger partial charge in [0.25, 0.3) is 0 Å². The molecular formula is C16H15N3O2S. The Morgan fingerprint density at radius 2 is 2.23 bits per heavy atom. The van der Waals surface area contributed by atoms with Crippen molar-refractivity contribution in [3.63, 3.8) is 0 Å². The Kier molecular flexibility index (Phi) is 4.29. The Labute approximate surface area is 132 Å². The summed E-state index contributed by atoms with van der Waals surface area (Å²) < 4.78 is 5.17. The number of amides is 1. The van der Waals surface area contributed by atoms with Crippen LogP contribution in [-0.4, -0.2) is 16.0 Å². The highest BCUT2D eigenvalue weighted by molar-refractivity contribution is 7.10. The summed E-state index contributed by atoms with van der Waals surface area (Å²) >= 11 is 1.56. The van der Waals surface area contributed by atoms with Gasteiger partial charge in [0.1, 0.15) is 0 Å². The molecule has 0 aliphatic rings. The highest BCUT2D eigenvalue weighted by Crippen LogP contribution is 2.16. The van der Waals surface area contributed by atoms with Crippen LogP contribution in [0.15, 0.2) is 46.3 Å². The number of hydrogen-bond donors (Lipinski definition) is 1. The second kappa shape index (κ2) is 6.53. The molecule has 0 radical (unpaired) electrons. The van der Waals surface area contributed by atoms with Crippen molar-refractivity contribution in [3.8, 4) is 11.4 Å². The number of thiophene rings is 1. The lowest BCUT2D eigenvalue weighted by atomic mass is 10.1. The van der Waals surface area contributed by atoms with Crippen LogP contribution >= 0.6 is 11.3 Å². The zero-order valence-electron chi connectivity index (χ0n) is 12.1. The van der Waals surface area contributed by atoms with Gasteiger partial charge < -0.3 is 9.84 Å². The Balaban J connectivity index is 1.59. The van der Waals surface area contributed by atoms with E-state index >= 15 is 0 Å². The minimum atomic E-state index is -0.0576. The van der Waals surface area contributed by atoms with Crippen LogP contribution in [0.4, 0.5) is 0 Å². The van der Waals surface area contributed by atoms with Gasteiger partial charge in [-0.2, -0.15) is 4.98 Å². The minimum Gasteiger partial charge on any atom is -0.347 e. The van der Waals surface area contributed by atoms with Crippen LogP contribution in [0, 0.1) is 6.92 Å². The molecule has 0 unspecified atom stereocenters. The topological polar surface area (TPSA) is 68.0 Å². The van der Waals surface area contributed by atoms with Crippen molar-refractivity contribution in [2.24, 2.45) is 0 Å². The van der Waals surface area contributed by atoms with Crippen molar-refractivity contribution in [3.05, 3.63) is 58.1 Å². The number of carbonyl (C=O) groups excluding carboxylic acids is 1. The number of nitrogens with one attached hydrogen (secondary N) is 1. The molecular weight excluding hydrogens is 298 g/mol. The molecule has 0 atom stereocenters. The van der Waals surface area contributed by atoms with Crippen LogP contribution in [-0.2, 0) is 17.8 Å². The minimum absolute atomic E-state index is 0.0576. The fourth-order valence-electron chi connectivity index (χ4n) is 2.04. The molecule has 0 saturated heterocycles. The third kappa shape index (κ3) is 3.59. The van der Waals surface area contributed by atoms with E-state index < -0.39 is 0 Å². The molecule has 1 aromatic carbocycles. The second-order valence-electron chi connectivity index (χ2n) is 4.91. The Hall–Kier alpha value is -2.47. The molecule has 0 bridgehead atoms. The Morgan fingerprint density at radius 1 is 1.32 bits per heavy atom. The molecule has 0 aliphatic carbocycles. The van der Waals surface area contributed by atoms with Crippen LogP contribution in [0.2, 0.25) is 0 Å². The number of aryl methyl sites for hydroxylation is 1. The third-order valence-corrected chi connectivity index (χ3v) is 3.97. The van der Waals surface area contributed by atoms with Gasteiger partial charge in [-0.25, -0.2) is 0 Å². The van der Waals surface area contributed by atoms with Crippen molar-refractivity contribution in [1.29, 1.82) is 0 Å². The van der Waals surface area contributed by atoms with E-state index in [1.165, 1.54) is 0 Å². The van der Waals surface area contributed by atoms with Gasteiger partial charge in [-0.15, -0.1) is 11.3 Å². The van der Waals surface area contributed by atoms with Gasteiger partial charge >= 0.3 is 0 Å². The van der Waals surface area contributed by atoms with E-state index in [9.17, 15) is 4.79 Å². The Morgan fingerprint density at radius 3 is 3.00 bits per heavy atom. The maximum absolute atomic E-state index is 11.8. The van der Waals surface area contributed by atoms with Crippen LogP contribution in [0.5, 0.6) is 0 Å². The lowest BCUT2D eigenvalue weighted by Gasteiger charge is -2.00. The summed E-state index contributed by atoms with van der Waals surface area (Å²) in [5.41, 5.74) is 2.04. The van der Waals surface area contributed by atoms with Crippen LogP contribution in [0.25, 0.3) is 11.4 Å². The Bertz CT molecular complexity index is 765. The summed E-state index contributed by atoms with van der Waals surface area (Å²) in [6, 6.07) is 11.7. The molecule has 6 heteroatoms. The molecule has 0 fully saturated rings. The predicted octanol–water partition coefficient (Wildman–Crippen LogP) is 2.97. The maximum atomic E-state index is 11.8. The molecule has 3 rings (SSSR count). The van der Waals surface area contributed by atoms with Crippen molar-refractivity contribution in [1.82, 2.24) is 15.5 Å². The number of benzene rings is 1. The first-order valence-electron chi connectivity index (χ1n) is 6.89. The molecule has 5 nitrogen and oxygen atoms in total. The highest BCUT2D eigenvalue weighted by Gasteiger charge is 2.10. The molecule has 112 valence electrons. The molecule has 2 heterocycles. The summed E-state index contributed by atoms with van der Waals surface area (Å²) in [4.78, 5) is 17.1. The number of aromatic nitrogens is 2. The van der Waals surface area contributed by atoms with Crippen molar-refractivity contribution >= 4 is 17.2 Å². The van der Waals surface area contributed by atoms with E-state index in [0.29, 0.717) is 18.1 Å². The van der Waals surface area contributed by atoms with E-state index in [0.717, 1.165) is 16.0 Å².